The molecule has 0 unspecified atom stereocenters. The number of halogens is 1. The van der Waals surface area contributed by atoms with E-state index < -0.39 is 0 Å². The third-order valence-electron chi connectivity index (χ3n) is 2.27. The average Bonchev–Trinajstić information content (AvgIpc) is 2.63. The molecule has 5 nitrogen and oxygen atoms in total. The molecule has 2 aromatic rings. The van der Waals surface area contributed by atoms with Crippen molar-refractivity contribution in [2.75, 3.05) is 5.32 Å². The van der Waals surface area contributed by atoms with Gasteiger partial charge in [-0.05, 0) is 21.8 Å². The average molecular weight is 296 g/mol. The number of hydrogen-bond acceptors (Lipinski definition) is 4. The zero-order chi connectivity index (χ0) is 12.4. The Bertz CT molecular complexity index is 503. The second-order valence-electron chi connectivity index (χ2n) is 4.11. The Balaban J connectivity index is 2.26. The number of nitrogens with zero attached hydrogens (tertiary/aromatic N) is 4. The lowest BCUT2D eigenvalue weighted by Gasteiger charge is -2.06. The van der Waals surface area contributed by atoms with E-state index in [-0.39, 0.29) is 0 Å². The Hall–Kier alpha value is -1.43. The summed E-state index contributed by atoms with van der Waals surface area (Å²) in [5, 5.41) is 7.59. The first-order valence-corrected chi connectivity index (χ1v) is 6.13. The smallest absolute Gasteiger partial charge is 0.227 e. The van der Waals surface area contributed by atoms with Gasteiger partial charge in [0, 0.05) is 25.6 Å². The fraction of sp³-hybridized carbons (Fsp3) is 0.364. The minimum Gasteiger partial charge on any atom is -0.321 e. The summed E-state index contributed by atoms with van der Waals surface area (Å²) in [6.45, 7) is 4.21. The molecule has 0 saturated heterocycles. The van der Waals surface area contributed by atoms with Gasteiger partial charge < -0.3 is 5.32 Å². The van der Waals surface area contributed by atoms with E-state index in [1.165, 1.54) is 0 Å². The van der Waals surface area contributed by atoms with E-state index in [2.05, 4.69) is 50.2 Å². The van der Waals surface area contributed by atoms with Crippen LogP contribution in [0.3, 0.4) is 0 Å². The number of rotatable bonds is 3. The maximum Gasteiger partial charge on any atom is 0.227 e. The van der Waals surface area contributed by atoms with Gasteiger partial charge in [-0.15, -0.1) is 0 Å². The van der Waals surface area contributed by atoms with Crippen LogP contribution in [0.5, 0.6) is 0 Å². The SMILES string of the molecule is CC(C)c1nn(C)cc1Nc1ncc(Br)cn1. The molecule has 0 fully saturated rings. The fourth-order valence-electron chi connectivity index (χ4n) is 1.53. The molecule has 2 rings (SSSR count). The van der Waals surface area contributed by atoms with Crippen molar-refractivity contribution in [1.29, 1.82) is 0 Å². The van der Waals surface area contributed by atoms with Gasteiger partial charge in [0.05, 0.1) is 15.9 Å². The van der Waals surface area contributed by atoms with Gasteiger partial charge in [0.25, 0.3) is 0 Å². The van der Waals surface area contributed by atoms with Gasteiger partial charge in [0.2, 0.25) is 5.95 Å². The monoisotopic (exact) mass is 295 g/mol. The molecule has 0 bridgehead atoms. The largest absolute Gasteiger partial charge is 0.321 e. The van der Waals surface area contributed by atoms with Crippen LogP contribution in [0.25, 0.3) is 0 Å². The van der Waals surface area contributed by atoms with Crippen LogP contribution in [0.1, 0.15) is 25.5 Å². The van der Waals surface area contributed by atoms with Crippen LogP contribution < -0.4 is 5.32 Å². The molecule has 0 atom stereocenters. The molecule has 0 aliphatic carbocycles. The Kier molecular flexibility index (Phi) is 3.42. The van der Waals surface area contributed by atoms with Crippen molar-refractivity contribution in [3.8, 4) is 0 Å². The fourth-order valence-corrected chi connectivity index (χ4v) is 1.73. The van der Waals surface area contributed by atoms with Crippen LogP contribution in [-0.2, 0) is 7.05 Å². The molecule has 0 aliphatic rings. The van der Waals surface area contributed by atoms with Gasteiger partial charge >= 0.3 is 0 Å². The molecule has 6 heteroatoms. The second kappa shape index (κ2) is 4.83. The summed E-state index contributed by atoms with van der Waals surface area (Å²) < 4.78 is 2.65. The number of nitrogens with one attached hydrogen (secondary N) is 1. The standard InChI is InChI=1S/C11H14BrN5/c1-7(2)10-9(6-17(3)16-10)15-11-13-4-8(12)5-14-11/h4-7H,1-3H3,(H,13,14,15). The Morgan fingerprint density at radius 1 is 1.29 bits per heavy atom. The lowest BCUT2D eigenvalue weighted by Crippen LogP contribution is -1.99. The highest BCUT2D eigenvalue weighted by molar-refractivity contribution is 9.10. The summed E-state index contributed by atoms with van der Waals surface area (Å²) in [7, 11) is 1.90. The van der Waals surface area contributed by atoms with E-state index in [0.29, 0.717) is 11.9 Å². The molecular weight excluding hydrogens is 282 g/mol. The molecule has 2 heterocycles. The lowest BCUT2D eigenvalue weighted by molar-refractivity contribution is 0.713. The number of hydrogen-bond donors (Lipinski definition) is 1. The predicted octanol–water partition coefficient (Wildman–Crippen LogP) is 2.84. The molecule has 2 aromatic heterocycles. The Labute approximate surface area is 108 Å². The maximum absolute atomic E-state index is 4.41. The molecule has 0 aromatic carbocycles. The molecule has 0 amide bonds. The van der Waals surface area contributed by atoms with Gasteiger partial charge in [-0.3, -0.25) is 4.68 Å². The van der Waals surface area contributed by atoms with Crippen molar-refractivity contribution in [3.05, 3.63) is 28.8 Å². The van der Waals surface area contributed by atoms with Crippen LogP contribution in [0, 0.1) is 0 Å². The molecule has 0 radical (unpaired) electrons. The minimum absolute atomic E-state index is 0.356. The highest BCUT2D eigenvalue weighted by atomic mass is 79.9. The van der Waals surface area contributed by atoms with E-state index in [1.807, 2.05) is 13.2 Å². The molecular formula is C11H14BrN5. The van der Waals surface area contributed by atoms with Crippen molar-refractivity contribution in [2.45, 2.75) is 19.8 Å². The second-order valence-corrected chi connectivity index (χ2v) is 5.02. The Morgan fingerprint density at radius 3 is 2.53 bits per heavy atom. The van der Waals surface area contributed by atoms with Crippen molar-refractivity contribution < 1.29 is 0 Å². The first-order chi connectivity index (χ1) is 8.06. The van der Waals surface area contributed by atoms with E-state index in [4.69, 9.17) is 0 Å². The van der Waals surface area contributed by atoms with Gasteiger partial charge in [-0.1, -0.05) is 13.8 Å². The first-order valence-electron chi connectivity index (χ1n) is 5.34. The lowest BCUT2D eigenvalue weighted by atomic mass is 10.1. The topological polar surface area (TPSA) is 55.6 Å². The molecule has 0 spiro atoms. The van der Waals surface area contributed by atoms with Crippen molar-refractivity contribution in [1.82, 2.24) is 19.7 Å². The van der Waals surface area contributed by atoms with Crippen LogP contribution in [0.4, 0.5) is 11.6 Å². The summed E-state index contributed by atoms with van der Waals surface area (Å²) in [4.78, 5) is 8.35. The normalized spacial score (nSPS) is 10.9. The molecule has 0 aliphatic heterocycles. The predicted molar refractivity (Wildman–Crippen MR) is 70.3 cm³/mol. The molecule has 1 N–H and O–H groups in total. The number of aryl methyl sites for hydroxylation is 1. The Morgan fingerprint density at radius 2 is 1.94 bits per heavy atom. The van der Waals surface area contributed by atoms with Gasteiger partial charge in [-0.25, -0.2) is 9.97 Å². The van der Waals surface area contributed by atoms with Gasteiger partial charge in [-0.2, -0.15) is 5.10 Å². The van der Waals surface area contributed by atoms with Crippen LogP contribution in [0.15, 0.2) is 23.1 Å². The number of aromatic nitrogens is 4. The van der Waals surface area contributed by atoms with Crippen LogP contribution in [0.2, 0.25) is 0 Å². The van der Waals surface area contributed by atoms with E-state index in [9.17, 15) is 0 Å². The highest BCUT2D eigenvalue weighted by Gasteiger charge is 2.12. The van der Waals surface area contributed by atoms with Gasteiger partial charge in [0.1, 0.15) is 0 Å². The third-order valence-corrected chi connectivity index (χ3v) is 2.68. The summed E-state index contributed by atoms with van der Waals surface area (Å²) >= 11 is 3.30. The van der Waals surface area contributed by atoms with E-state index in [1.54, 1.807) is 17.1 Å². The van der Waals surface area contributed by atoms with Crippen LogP contribution in [-0.4, -0.2) is 19.7 Å². The van der Waals surface area contributed by atoms with Gasteiger partial charge in [0.15, 0.2) is 0 Å². The first kappa shape index (κ1) is 12.0. The maximum atomic E-state index is 4.41. The summed E-state index contributed by atoms with van der Waals surface area (Å²) in [6.07, 6.45) is 5.35. The van der Waals surface area contributed by atoms with Crippen LogP contribution >= 0.6 is 15.9 Å². The van der Waals surface area contributed by atoms with E-state index in [0.717, 1.165) is 15.9 Å². The zero-order valence-electron chi connectivity index (χ0n) is 9.98. The molecule has 90 valence electrons. The third kappa shape index (κ3) is 2.82. The summed E-state index contributed by atoms with van der Waals surface area (Å²) in [5.41, 5.74) is 1.96. The van der Waals surface area contributed by atoms with E-state index >= 15 is 0 Å². The quantitative estimate of drug-likeness (QED) is 0.946. The van der Waals surface area contributed by atoms with Crippen molar-refractivity contribution in [3.63, 3.8) is 0 Å². The zero-order valence-corrected chi connectivity index (χ0v) is 11.6. The summed E-state index contributed by atoms with van der Waals surface area (Å²) in [6, 6.07) is 0. The minimum atomic E-state index is 0.356. The number of anilines is 2. The highest BCUT2D eigenvalue weighted by Crippen LogP contribution is 2.24. The van der Waals surface area contributed by atoms with Crippen molar-refractivity contribution >= 4 is 27.6 Å². The molecule has 17 heavy (non-hydrogen) atoms. The molecule has 0 saturated carbocycles. The van der Waals surface area contributed by atoms with Crippen molar-refractivity contribution in [2.24, 2.45) is 7.05 Å². The summed E-state index contributed by atoms with van der Waals surface area (Å²) in [5.74, 6) is 0.928.